The van der Waals surface area contributed by atoms with E-state index in [1.54, 1.807) is 6.20 Å². The minimum Gasteiger partial charge on any atom is -0.493 e. The summed E-state index contributed by atoms with van der Waals surface area (Å²) in [6, 6.07) is 9.32. The number of pyridine rings is 1. The van der Waals surface area contributed by atoms with Crippen LogP contribution in [0.4, 0.5) is 0 Å². The first-order valence-corrected chi connectivity index (χ1v) is 11.0. The van der Waals surface area contributed by atoms with Gasteiger partial charge in [-0.25, -0.2) is 0 Å². The van der Waals surface area contributed by atoms with E-state index < -0.39 is 16.6 Å². The van der Waals surface area contributed by atoms with Gasteiger partial charge in [-0.15, -0.1) is 0 Å². The summed E-state index contributed by atoms with van der Waals surface area (Å²) in [6.45, 7) is 5.74. The van der Waals surface area contributed by atoms with Gasteiger partial charge in [0, 0.05) is 23.3 Å². The van der Waals surface area contributed by atoms with E-state index in [4.69, 9.17) is 14.2 Å². The number of ether oxygens (including phenoxy) is 3. The molecule has 0 spiro atoms. The van der Waals surface area contributed by atoms with Gasteiger partial charge in [-0.1, -0.05) is 24.3 Å². The zero-order chi connectivity index (χ0) is 20.3. The molecule has 0 saturated carbocycles. The number of nitrogens with zero attached hydrogens (tertiary/aromatic N) is 3. The van der Waals surface area contributed by atoms with Gasteiger partial charge in [-0.05, 0) is 37.4 Å². The van der Waals surface area contributed by atoms with Crippen molar-refractivity contribution in [2.24, 2.45) is 0 Å². The van der Waals surface area contributed by atoms with Crippen LogP contribution in [-0.2, 0) is 26.0 Å². The van der Waals surface area contributed by atoms with Crippen LogP contribution >= 0.6 is 0 Å². The Morgan fingerprint density at radius 1 is 1.23 bits per heavy atom. The van der Waals surface area contributed by atoms with Crippen LogP contribution in [0, 0.1) is 6.92 Å². The normalized spacial score (nSPS) is 16.7. The molecule has 154 valence electrons. The number of imidazole rings is 1. The van der Waals surface area contributed by atoms with Gasteiger partial charge in [0.1, 0.15) is 5.75 Å². The summed E-state index contributed by atoms with van der Waals surface area (Å²) < 4.78 is 30.2. The number of rotatable bonds is 7. The van der Waals surface area contributed by atoms with Crippen molar-refractivity contribution < 1.29 is 48.0 Å². The van der Waals surface area contributed by atoms with Gasteiger partial charge in [-0.3, -0.25) is 9.19 Å². The Morgan fingerprint density at radius 3 is 2.77 bits per heavy atom. The van der Waals surface area contributed by atoms with E-state index in [1.807, 2.05) is 44.2 Å². The summed E-state index contributed by atoms with van der Waals surface area (Å²) in [7, 11) is -1.38. The third kappa shape index (κ3) is 5.49. The van der Waals surface area contributed by atoms with Crippen LogP contribution in [-0.4, -0.2) is 39.8 Å². The van der Waals surface area contributed by atoms with Crippen LogP contribution < -0.4 is 39.3 Å². The third-order valence-corrected chi connectivity index (χ3v) is 6.09. The zero-order valence-corrected chi connectivity index (χ0v) is 20.4. The van der Waals surface area contributed by atoms with E-state index in [0.29, 0.717) is 37.1 Å². The van der Waals surface area contributed by atoms with Gasteiger partial charge in [0.05, 0.1) is 42.1 Å². The van der Waals surface area contributed by atoms with Crippen molar-refractivity contribution in [2.45, 2.75) is 43.4 Å². The second-order valence-corrected chi connectivity index (χ2v) is 8.49. The SMILES string of the molecule is Cc1c(OCCC2(C)OCCCO2)ccnc1CS(=O)c1nc2ccccc2[n-]1.[Na+]. The number of hydrogen-bond acceptors (Lipinski definition) is 6. The molecule has 1 unspecified atom stereocenters. The molecule has 1 aromatic carbocycles. The molecule has 4 rings (SSSR count). The average molecular weight is 437 g/mol. The van der Waals surface area contributed by atoms with Crippen molar-refractivity contribution in [3.05, 3.63) is 47.8 Å². The maximum absolute atomic E-state index is 12.8. The molecule has 3 aromatic rings. The number of benzene rings is 1. The van der Waals surface area contributed by atoms with Gasteiger partial charge in [0.2, 0.25) is 0 Å². The van der Waals surface area contributed by atoms with Gasteiger partial charge in [0.15, 0.2) is 5.79 Å². The van der Waals surface area contributed by atoms with Gasteiger partial charge in [0.25, 0.3) is 0 Å². The minimum atomic E-state index is -1.38. The van der Waals surface area contributed by atoms with Crippen LogP contribution in [0.1, 0.15) is 31.0 Å². The molecule has 3 heterocycles. The molecule has 0 bridgehead atoms. The van der Waals surface area contributed by atoms with E-state index in [-0.39, 0.29) is 35.3 Å². The maximum Gasteiger partial charge on any atom is 1.00 e. The van der Waals surface area contributed by atoms with Crippen LogP contribution in [0.15, 0.2) is 41.7 Å². The monoisotopic (exact) mass is 437 g/mol. The molecule has 0 aliphatic carbocycles. The van der Waals surface area contributed by atoms with Crippen molar-refractivity contribution >= 4 is 21.8 Å². The quantitative estimate of drug-likeness (QED) is 0.486. The average Bonchev–Trinajstić information content (AvgIpc) is 3.16. The number of para-hydroxylation sites is 2. The Hall–Kier alpha value is -1.29. The Balaban J connectivity index is 0.00000256. The molecular formula is C21H24N3NaO4S. The van der Waals surface area contributed by atoms with E-state index >= 15 is 0 Å². The van der Waals surface area contributed by atoms with Crippen LogP contribution in [0.5, 0.6) is 5.75 Å². The minimum absolute atomic E-state index is 0. The van der Waals surface area contributed by atoms with Crippen LogP contribution in [0.25, 0.3) is 11.0 Å². The van der Waals surface area contributed by atoms with Crippen molar-refractivity contribution in [1.29, 1.82) is 0 Å². The van der Waals surface area contributed by atoms with Crippen molar-refractivity contribution in [1.82, 2.24) is 15.0 Å². The van der Waals surface area contributed by atoms with Crippen LogP contribution in [0.2, 0.25) is 0 Å². The first-order chi connectivity index (χ1) is 14.0. The number of fused-ring (bicyclic) bond motifs is 1. The molecular weight excluding hydrogens is 413 g/mol. The molecule has 9 heteroatoms. The molecule has 0 N–H and O–H groups in total. The van der Waals surface area contributed by atoms with Gasteiger partial charge < -0.3 is 24.2 Å². The topological polar surface area (TPSA) is 84.6 Å². The fourth-order valence-corrected chi connectivity index (χ4v) is 4.27. The molecule has 0 amide bonds. The van der Waals surface area contributed by atoms with E-state index in [1.165, 1.54) is 0 Å². The third-order valence-electron chi connectivity index (χ3n) is 4.96. The summed E-state index contributed by atoms with van der Waals surface area (Å²) in [6.07, 6.45) is 3.22. The second kappa shape index (κ2) is 10.3. The summed E-state index contributed by atoms with van der Waals surface area (Å²) >= 11 is 0. The summed E-state index contributed by atoms with van der Waals surface area (Å²) in [5.41, 5.74) is 3.08. The smallest absolute Gasteiger partial charge is 0.493 e. The molecule has 0 radical (unpaired) electrons. The van der Waals surface area contributed by atoms with E-state index in [9.17, 15) is 4.21 Å². The van der Waals surface area contributed by atoms with Gasteiger partial charge >= 0.3 is 29.6 Å². The molecule has 30 heavy (non-hydrogen) atoms. The fourth-order valence-electron chi connectivity index (χ4n) is 3.20. The van der Waals surface area contributed by atoms with Crippen molar-refractivity contribution in [3.63, 3.8) is 0 Å². The molecule has 1 atom stereocenters. The standard InChI is InChI=1S/C21H24N3O4S.Na/c1-15-18(14-29(25)20-23-16-6-3-4-7-17(16)24-20)22-10-8-19(15)26-13-9-21(2)27-11-5-12-28-21;/h3-4,6-8,10H,5,9,11-14H2,1-2H3;/q-1;+1. The zero-order valence-electron chi connectivity index (χ0n) is 17.6. The largest absolute Gasteiger partial charge is 1.00 e. The van der Waals surface area contributed by atoms with Gasteiger partial charge in [-0.2, -0.15) is 0 Å². The molecule has 2 aromatic heterocycles. The molecule has 1 aliphatic heterocycles. The Kier molecular flexibility index (Phi) is 8.06. The van der Waals surface area contributed by atoms with E-state index in [2.05, 4.69) is 15.0 Å². The van der Waals surface area contributed by atoms with Crippen LogP contribution in [0.3, 0.4) is 0 Å². The molecule has 1 saturated heterocycles. The Bertz CT molecular complexity index is 987. The molecule has 7 nitrogen and oxygen atoms in total. The summed E-state index contributed by atoms with van der Waals surface area (Å²) in [4.78, 5) is 13.1. The predicted octanol–water partition coefficient (Wildman–Crippen LogP) is 0.129. The number of aromatic nitrogens is 3. The Morgan fingerprint density at radius 2 is 2.00 bits per heavy atom. The van der Waals surface area contributed by atoms with Crippen molar-refractivity contribution in [3.8, 4) is 5.75 Å². The molecule has 1 aliphatic rings. The second-order valence-electron chi connectivity index (χ2n) is 7.15. The molecule has 1 fully saturated rings. The number of hydrogen-bond donors (Lipinski definition) is 0. The first kappa shape index (κ1) is 23.4. The summed E-state index contributed by atoms with van der Waals surface area (Å²) in [5.74, 6) is 0.365. The van der Waals surface area contributed by atoms with Crippen molar-refractivity contribution in [2.75, 3.05) is 19.8 Å². The summed E-state index contributed by atoms with van der Waals surface area (Å²) in [5, 5.41) is 0.332. The van der Waals surface area contributed by atoms with E-state index in [0.717, 1.165) is 28.8 Å². The maximum atomic E-state index is 12.8. The predicted molar refractivity (Wildman–Crippen MR) is 109 cm³/mol. The fraction of sp³-hybridized carbons (Fsp3) is 0.429. The first-order valence-electron chi connectivity index (χ1n) is 9.67. The Labute approximate surface area is 200 Å².